The van der Waals surface area contributed by atoms with Crippen molar-refractivity contribution in [2.75, 3.05) is 12.4 Å². The highest BCUT2D eigenvalue weighted by molar-refractivity contribution is 5.98. The van der Waals surface area contributed by atoms with Crippen molar-refractivity contribution in [3.63, 3.8) is 0 Å². The van der Waals surface area contributed by atoms with Gasteiger partial charge in [0.2, 0.25) is 5.91 Å². The van der Waals surface area contributed by atoms with Crippen LogP contribution in [0.1, 0.15) is 5.56 Å². The molecule has 2 N–H and O–H groups in total. The van der Waals surface area contributed by atoms with Crippen molar-refractivity contribution in [1.29, 1.82) is 0 Å². The van der Waals surface area contributed by atoms with Crippen molar-refractivity contribution in [3.8, 4) is 0 Å². The molecule has 0 atom stereocenters. The third-order valence-electron chi connectivity index (χ3n) is 1.79. The lowest BCUT2D eigenvalue weighted by molar-refractivity contribution is -0.111. The third kappa shape index (κ3) is 3.03. The van der Waals surface area contributed by atoms with Crippen LogP contribution in [0.3, 0.4) is 0 Å². The number of carbonyl (C=O) groups excluding carboxylic acids is 1. The van der Waals surface area contributed by atoms with Gasteiger partial charge in [0.05, 0.1) is 0 Å². The molecule has 0 bridgehead atoms. The Labute approximate surface area is 83.8 Å². The van der Waals surface area contributed by atoms with Crippen LogP contribution in [-0.4, -0.2) is 13.0 Å². The molecule has 0 aliphatic heterocycles. The summed E-state index contributed by atoms with van der Waals surface area (Å²) in [6.45, 7) is 4.21. The molecule has 0 radical (unpaired) electrons. The van der Waals surface area contributed by atoms with E-state index < -0.39 is 0 Å². The van der Waals surface area contributed by atoms with Crippen molar-refractivity contribution in [2.45, 2.75) is 6.54 Å². The SMILES string of the molecule is C=CC(=O)Nc1ccc(CNC)cc1. The summed E-state index contributed by atoms with van der Waals surface area (Å²) in [6, 6.07) is 7.67. The zero-order valence-electron chi connectivity index (χ0n) is 8.21. The maximum Gasteiger partial charge on any atom is 0.247 e. The lowest BCUT2D eigenvalue weighted by Crippen LogP contribution is -2.08. The first-order valence-electron chi connectivity index (χ1n) is 4.43. The summed E-state index contributed by atoms with van der Waals surface area (Å²) in [5.41, 5.74) is 1.97. The van der Waals surface area contributed by atoms with Gasteiger partial charge in [-0.2, -0.15) is 0 Å². The summed E-state index contributed by atoms with van der Waals surface area (Å²) in [5.74, 6) is -0.189. The Bertz CT molecular complexity index is 317. The molecule has 1 rings (SSSR count). The van der Waals surface area contributed by atoms with E-state index in [1.807, 2.05) is 31.3 Å². The fraction of sp³-hybridized carbons (Fsp3) is 0.182. The molecule has 0 spiro atoms. The average molecular weight is 190 g/mol. The van der Waals surface area contributed by atoms with Crippen LogP contribution in [0.4, 0.5) is 5.69 Å². The number of nitrogens with one attached hydrogen (secondary N) is 2. The zero-order valence-corrected chi connectivity index (χ0v) is 8.21. The Hall–Kier alpha value is -1.61. The summed E-state index contributed by atoms with van der Waals surface area (Å²) < 4.78 is 0. The molecule has 14 heavy (non-hydrogen) atoms. The van der Waals surface area contributed by atoms with E-state index in [2.05, 4.69) is 17.2 Å². The van der Waals surface area contributed by atoms with E-state index in [4.69, 9.17) is 0 Å². The fourth-order valence-corrected chi connectivity index (χ4v) is 1.10. The second-order valence-corrected chi connectivity index (χ2v) is 2.92. The average Bonchev–Trinajstić information content (AvgIpc) is 2.21. The van der Waals surface area contributed by atoms with Crippen LogP contribution in [0.2, 0.25) is 0 Å². The third-order valence-corrected chi connectivity index (χ3v) is 1.79. The van der Waals surface area contributed by atoms with Gasteiger partial charge in [0.15, 0.2) is 0 Å². The van der Waals surface area contributed by atoms with Crippen LogP contribution in [0.15, 0.2) is 36.9 Å². The first kappa shape index (κ1) is 10.5. The minimum absolute atomic E-state index is 0.189. The van der Waals surface area contributed by atoms with Gasteiger partial charge in [0.25, 0.3) is 0 Å². The Kier molecular flexibility index (Phi) is 3.88. The molecule has 1 amide bonds. The Balaban J connectivity index is 2.63. The van der Waals surface area contributed by atoms with E-state index in [0.29, 0.717) is 0 Å². The highest BCUT2D eigenvalue weighted by Crippen LogP contribution is 2.09. The van der Waals surface area contributed by atoms with Gasteiger partial charge in [-0.15, -0.1) is 0 Å². The van der Waals surface area contributed by atoms with Crippen molar-refractivity contribution in [3.05, 3.63) is 42.5 Å². The summed E-state index contributed by atoms with van der Waals surface area (Å²) in [7, 11) is 1.90. The van der Waals surface area contributed by atoms with Gasteiger partial charge in [-0.25, -0.2) is 0 Å². The van der Waals surface area contributed by atoms with Gasteiger partial charge in [0.1, 0.15) is 0 Å². The summed E-state index contributed by atoms with van der Waals surface area (Å²) >= 11 is 0. The molecule has 1 aromatic carbocycles. The van der Waals surface area contributed by atoms with E-state index in [-0.39, 0.29) is 5.91 Å². The van der Waals surface area contributed by atoms with Crippen molar-refractivity contribution in [1.82, 2.24) is 5.32 Å². The zero-order chi connectivity index (χ0) is 10.4. The lowest BCUT2D eigenvalue weighted by Gasteiger charge is -2.03. The van der Waals surface area contributed by atoms with Crippen LogP contribution in [0.25, 0.3) is 0 Å². The molecule has 0 saturated carbocycles. The van der Waals surface area contributed by atoms with Crippen molar-refractivity contribution >= 4 is 11.6 Å². The first-order valence-corrected chi connectivity index (χ1v) is 4.43. The second kappa shape index (κ2) is 5.19. The molecular weight excluding hydrogens is 176 g/mol. The molecule has 74 valence electrons. The molecule has 0 aliphatic carbocycles. The summed E-state index contributed by atoms with van der Waals surface area (Å²) in [5, 5.41) is 5.74. The van der Waals surface area contributed by atoms with Gasteiger partial charge >= 0.3 is 0 Å². The Morgan fingerprint density at radius 1 is 1.43 bits per heavy atom. The molecule has 0 aliphatic rings. The minimum Gasteiger partial charge on any atom is -0.323 e. The van der Waals surface area contributed by atoms with E-state index in [0.717, 1.165) is 12.2 Å². The number of amides is 1. The number of rotatable bonds is 4. The van der Waals surface area contributed by atoms with E-state index in [1.54, 1.807) is 0 Å². The van der Waals surface area contributed by atoms with Crippen molar-refractivity contribution in [2.24, 2.45) is 0 Å². The van der Waals surface area contributed by atoms with Crippen LogP contribution in [0, 0.1) is 0 Å². The molecule has 1 aromatic rings. The standard InChI is InChI=1S/C11H14N2O/c1-3-11(14)13-10-6-4-9(5-7-10)8-12-2/h3-7,12H,1,8H2,2H3,(H,13,14). The number of benzene rings is 1. The fourth-order valence-electron chi connectivity index (χ4n) is 1.10. The highest BCUT2D eigenvalue weighted by Gasteiger charge is 1.96. The van der Waals surface area contributed by atoms with Gasteiger partial charge in [-0.05, 0) is 30.8 Å². The number of hydrogen-bond acceptors (Lipinski definition) is 2. The largest absolute Gasteiger partial charge is 0.323 e. The monoisotopic (exact) mass is 190 g/mol. The molecule has 0 fully saturated rings. The normalized spacial score (nSPS) is 9.50. The molecule has 0 unspecified atom stereocenters. The minimum atomic E-state index is -0.189. The first-order chi connectivity index (χ1) is 6.76. The van der Waals surface area contributed by atoms with Crippen LogP contribution < -0.4 is 10.6 Å². The van der Waals surface area contributed by atoms with Crippen molar-refractivity contribution < 1.29 is 4.79 Å². The second-order valence-electron chi connectivity index (χ2n) is 2.92. The molecule has 3 heteroatoms. The molecular formula is C11H14N2O. The van der Waals surface area contributed by atoms with Gasteiger partial charge in [0, 0.05) is 12.2 Å². The lowest BCUT2D eigenvalue weighted by atomic mass is 10.2. The summed E-state index contributed by atoms with van der Waals surface area (Å²) in [6.07, 6.45) is 1.25. The predicted octanol–water partition coefficient (Wildman–Crippen LogP) is 1.53. The molecule has 0 heterocycles. The van der Waals surface area contributed by atoms with Crippen LogP contribution in [0.5, 0.6) is 0 Å². The van der Waals surface area contributed by atoms with E-state index in [9.17, 15) is 4.79 Å². The topological polar surface area (TPSA) is 41.1 Å². The number of anilines is 1. The molecule has 0 aromatic heterocycles. The smallest absolute Gasteiger partial charge is 0.247 e. The summed E-state index contributed by atoms with van der Waals surface area (Å²) in [4.78, 5) is 11.0. The maximum atomic E-state index is 11.0. The highest BCUT2D eigenvalue weighted by atomic mass is 16.1. The maximum absolute atomic E-state index is 11.0. The van der Waals surface area contributed by atoms with Crippen LogP contribution in [-0.2, 0) is 11.3 Å². The molecule has 3 nitrogen and oxygen atoms in total. The number of carbonyl (C=O) groups is 1. The predicted molar refractivity (Wildman–Crippen MR) is 58.0 cm³/mol. The Morgan fingerprint density at radius 3 is 2.57 bits per heavy atom. The van der Waals surface area contributed by atoms with E-state index >= 15 is 0 Å². The number of hydrogen-bond donors (Lipinski definition) is 2. The quantitative estimate of drug-likeness (QED) is 0.707. The van der Waals surface area contributed by atoms with Gasteiger partial charge in [-0.3, -0.25) is 4.79 Å². The van der Waals surface area contributed by atoms with Gasteiger partial charge < -0.3 is 10.6 Å². The van der Waals surface area contributed by atoms with Crippen LogP contribution >= 0.6 is 0 Å². The van der Waals surface area contributed by atoms with Gasteiger partial charge in [-0.1, -0.05) is 18.7 Å². The molecule has 0 saturated heterocycles. The Morgan fingerprint density at radius 2 is 2.07 bits per heavy atom. The van der Waals surface area contributed by atoms with E-state index in [1.165, 1.54) is 11.6 Å².